The van der Waals surface area contributed by atoms with Crippen molar-refractivity contribution in [2.24, 2.45) is 12.8 Å². The summed E-state index contributed by atoms with van der Waals surface area (Å²) in [5.41, 5.74) is 9.82. The van der Waals surface area contributed by atoms with Gasteiger partial charge in [0.15, 0.2) is 0 Å². The summed E-state index contributed by atoms with van der Waals surface area (Å²) in [6.45, 7) is 4.04. The van der Waals surface area contributed by atoms with Crippen LogP contribution in [0.2, 0.25) is 0 Å². The molecule has 0 aliphatic carbocycles. The Kier molecular flexibility index (Phi) is 3.49. The summed E-state index contributed by atoms with van der Waals surface area (Å²) in [6, 6.07) is 9.05. The zero-order chi connectivity index (χ0) is 14.1. The Morgan fingerprint density at radius 1 is 1.40 bits per heavy atom. The average Bonchev–Trinajstić information content (AvgIpc) is 3.04. The van der Waals surface area contributed by atoms with E-state index in [4.69, 9.17) is 5.73 Å². The molecule has 1 aromatic carbocycles. The highest BCUT2D eigenvalue weighted by Crippen LogP contribution is 2.41. The van der Waals surface area contributed by atoms with Gasteiger partial charge in [-0.3, -0.25) is 4.68 Å². The number of aromatic nitrogens is 2. The second-order valence-corrected chi connectivity index (χ2v) is 5.61. The first kappa shape index (κ1) is 13.2. The zero-order valence-electron chi connectivity index (χ0n) is 12.2. The Hall–Kier alpha value is -1.81. The van der Waals surface area contributed by atoms with Crippen molar-refractivity contribution in [3.63, 3.8) is 0 Å². The molecule has 2 unspecified atom stereocenters. The van der Waals surface area contributed by atoms with E-state index in [1.54, 1.807) is 0 Å². The second kappa shape index (κ2) is 5.29. The zero-order valence-corrected chi connectivity index (χ0v) is 12.2. The highest BCUT2D eigenvalue weighted by molar-refractivity contribution is 5.61. The van der Waals surface area contributed by atoms with Crippen molar-refractivity contribution in [1.82, 2.24) is 9.78 Å². The maximum Gasteiger partial charge on any atom is 0.0545 e. The Bertz CT molecular complexity index is 590. The second-order valence-electron chi connectivity index (χ2n) is 5.61. The monoisotopic (exact) mass is 270 g/mol. The van der Waals surface area contributed by atoms with Crippen LogP contribution in [0.25, 0.3) is 0 Å². The van der Waals surface area contributed by atoms with Crippen LogP contribution in [0.15, 0.2) is 36.7 Å². The molecule has 0 saturated carbocycles. The third-order valence-electron chi connectivity index (χ3n) is 4.29. The van der Waals surface area contributed by atoms with Crippen molar-refractivity contribution in [2.75, 3.05) is 18.0 Å². The summed E-state index contributed by atoms with van der Waals surface area (Å²) < 4.78 is 1.87. The van der Waals surface area contributed by atoms with Crippen LogP contribution in [0.4, 0.5) is 5.69 Å². The summed E-state index contributed by atoms with van der Waals surface area (Å²) in [7, 11) is 1.96. The van der Waals surface area contributed by atoms with Gasteiger partial charge in [0, 0.05) is 37.0 Å². The summed E-state index contributed by atoms with van der Waals surface area (Å²) in [5.74, 6) is 0.551. The first-order valence-electron chi connectivity index (χ1n) is 7.25. The largest absolute Gasteiger partial charge is 0.364 e. The molecule has 106 valence electrons. The molecule has 0 amide bonds. The lowest BCUT2D eigenvalue weighted by atomic mass is 9.98. The van der Waals surface area contributed by atoms with Crippen molar-refractivity contribution >= 4 is 5.69 Å². The number of benzene rings is 1. The minimum absolute atomic E-state index is 0.340. The predicted octanol–water partition coefficient (Wildman–Crippen LogP) is 2.43. The summed E-state index contributed by atoms with van der Waals surface area (Å²) in [6.07, 6.45) is 5.11. The molecule has 2 atom stereocenters. The van der Waals surface area contributed by atoms with Crippen molar-refractivity contribution in [3.8, 4) is 0 Å². The summed E-state index contributed by atoms with van der Waals surface area (Å²) in [4.78, 5) is 2.48. The molecular weight excluding hydrogens is 248 g/mol. The van der Waals surface area contributed by atoms with Gasteiger partial charge < -0.3 is 10.6 Å². The molecule has 1 aliphatic rings. The van der Waals surface area contributed by atoms with Crippen molar-refractivity contribution in [2.45, 2.75) is 25.3 Å². The lowest BCUT2D eigenvalue weighted by Gasteiger charge is -2.27. The Morgan fingerprint density at radius 3 is 2.90 bits per heavy atom. The van der Waals surface area contributed by atoms with Gasteiger partial charge in [0.2, 0.25) is 0 Å². The van der Waals surface area contributed by atoms with E-state index in [9.17, 15) is 0 Å². The van der Waals surface area contributed by atoms with Crippen molar-refractivity contribution in [3.05, 3.63) is 47.8 Å². The van der Waals surface area contributed by atoms with Crippen LogP contribution < -0.4 is 10.6 Å². The number of hydrogen-bond donors (Lipinski definition) is 1. The van der Waals surface area contributed by atoms with E-state index in [1.165, 1.54) is 16.8 Å². The Morgan fingerprint density at radius 2 is 2.20 bits per heavy atom. The van der Waals surface area contributed by atoms with E-state index in [2.05, 4.69) is 47.4 Å². The lowest BCUT2D eigenvalue weighted by molar-refractivity contribution is 0.606. The number of aryl methyl sites for hydroxylation is 1. The predicted molar refractivity (Wildman–Crippen MR) is 81.8 cm³/mol. The van der Waals surface area contributed by atoms with Crippen LogP contribution in [0, 0.1) is 0 Å². The van der Waals surface area contributed by atoms with Gasteiger partial charge in [-0.2, -0.15) is 5.10 Å². The molecule has 0 fully saturated rings. The van der Waals surface area contributed by atoms with E-state index >= 15 is 0 Å². The topological polar surface area (TPSA) is 47.1 Å². The molecule has 0 radical (unpaired) electrons. The molecule has 2 aromatic rings. The van der Waals surface area contributed by atoms with Crippen LogP contribution in [-0.2, 0) is 7.05 Å². The molecule has 2 N–H and O–H groups in total. The van der Waals surface area contributed by atoms with Gasteiger partial charge >= 0.3 is 0 Å². The maximum absolute atomic E-state index is 5.77. The van der Waals surface area contributed by atoms with Crippen LogP contribution in [0.1, 0.15) is 36.4 Å². The SMILES string of the molecule is CC(c1cnn(C)c1)N1CC(CCN)c2ccccc21. The van der Waals surface area contributed by atoms with E-state index in [0.29, 0.717) is 12.0 Å². The lowest BCUT2D eigenvalue weighted by Crippen LogP contribution is -2.26. The van der Waals surface area contributed by atoms with Crippen LogP contribution in [0.3, 0.4) is 0 Å². The van der Waals surface area contributed by atoms with Crippen molar-refractivity contribution in [1.29, 1.82) is 0 Å². The van der Waals surface area contributed by atoms with E-state index in [-0.39, 0.29) is 0 Å². The van der Waals surface area contributed by atoms with Crippen molar-refractivity contribution < 1.29 is 0 Å². The molecule has 20 heavy (non-hydrogen) atoms. The van der Waals surface area contributed by atoms with Gasteiger partial charge in [-0.15, -0.1) is 0 Å². The van der Waals surface area contributed by atoms with Gasteiger partial charge in [0.1, 0.15) is 0 Å². The summed E-state index contributed by atoms with van der Waals surface area (Å²) >= 11 is 0. The van der Waals surface area contributed by atoms with E-state index in [0.717, 1.165) is 19.5 Å². The van der Waals surface area contributed by atoms with Crippen LogP contribution in [0.5, 0.6) is 0 Å². The number of nitrogens with two attached hydrogens (primary N) is 1. The van der Waals surface area contributed by atoms with Crippen LogP contribution in [-0.4, -0.2) is 22.9 Å². The molecular formula is C16H22N4. The molecule has 0 saturated heterocycles. The van der Waals surface area contributed by atoms with Gasteiger partial charge in [-0.05, 0) is 31.5 Å². The fourth-order valence-electron chi connectivity index (χ4n) is 3.18. The molecule has 2 heterocycles. The molecule has 4 nitrogen and oxygen atoms in total. The van der Waals surface area contributed by atoms with Crippen LogP contribution >= 0.6 is 0 Å². The fourth-order valence-corrected chi connectivity index (χ4v) is 3.18. The van der Waals surface area contributed by atoms with E-state index < -0.39 is 0 Å². The van der Waals surface area contributed by atoms with E-state index in [1.807, 2.05) is 17.9 Å². The molecule has 3 rings (SSSR count). The number of anilines is 1. The number of para-hydroxylation sites is 1. The summed E-state index contributed by atoms with van der Waals surface area (Å²) in [5, 5.41) is 4.29. The standard InChI is InChI=1S/C16H22N4/c1-12(14-9-18-19(2)10-14)20-11-13(7-8-17)15-5-3-4-6-16(15)20/h3-6,9-10,12-13H,7-8,11,17H2,1-2H3. The van der Waals surface area contributed by atoms with Gasteiger partial charge in [-0.25, -0.2) is 0 Å². The molecule has 0 spiro atoms. The smallest absolute Gasteiger partial charge is 0.0545 e. The first-order valence-corrected chi connectivity index (χ1v) is 7.25. The Labute approximate surface area is 120 Å². The molecule has 0 bridgehead atoms. The first-order chi connectivity index (χ1) is 9.70. The van der Waals surface area contributed by atoms with Gasteiger partial charge in [0.25, 0.3) is 0 Å². The highest BCUT2D eigenvalue weighted by Gasteiger charge is 2.31. The third-order valence-corrected chi connectivity index (χ3v) is 4.29. The number of fused-ring (bicyclic) bond motifs is 1. The highest BCUT2D eigenvalue weighted by atomic mass is 15.3. The minimum Gasteiger partial charge on any atom is -0.364 e. The normalized spacial score (nSPS) is 19.1. The number of rotatable bonds is 4. The molecule has 1 aliphatic heterocycles. The average molecular weight is 270 g/mol. The molecule has 4 heteroatoms. The minimum atomic E-state index is 0.340. The van der Waals surface area contributed by atoms with Gasteiger partial charge in [0.05, 0.1) is 12.2 Å². The molecule has 1 aromatic heterocycles. The quantitative estimate of drug-likeness (QED) is 0.928. The van der Waals surface area contributed by atoms with Gasteiger partial charge in [-0.1, -0.05) is 18.2 Å². The number of nitrogens with zero attached hydrogens (tertiary/aromatic N) is 3. The number of hydrogen-bond acceptors (Lipinski definition) is 3. The third kappa shape index (κ3) is 2.20. The fraction of sp³-hybridized carbons (Fsp3) is 0.438. The maximum atomic E-state index is 5.77. The Balaban J connectivity index is 1.91.